The average Bonchev–Trinajstić information content (AvgIpc) is 2.46. The number of halogens is 1. The standard InChI is InChI=1S/C14H18FN3O3/c1-16(12-4-2-3-11(15)9-12)14(21)18-7-5-17(6-8-18)10-13(19)20/h2-4,9H,5-8,10H2,1H3,(H,19,20). The molecule has 1 aliphatic rings. The third-order valence-corrected chi connectivity index (χ3v) is 3.48. The highest BCUT2D eigenvalue weighted by Gasteiger charge is 2.25. The number of hydrogen-bond donors (Lipinski definition) is 1. The molecule has 0 radical (unpaired) electrons. The van der Waals surface area contributed by atoms with E-state index in [0.717, 1.165) is 0 Å². The van der Waals surface area contributed by atoms with E-state index in [1.54, 1.807) is 29.0 Å². The molecular formula is C14H18FN3O3. The first kappa shape index (κ1) is 15.2. The van der Waals surface area contributed by atoms with Crippen molar-refractivity contribution in [1.82, 2.24) is 9.80 Å². The summed E-state index contributed by atoms with van der Waals surface area (Å²) in [6, 6.07) is 5.64. The monoisotopic (exact) mass is 295 g/mol. The highest BCUT2D eigenvalue weighted by Crippen LogP contribution is 2.16. The molecule has 0 unspecified atom stereocenters. The van der Waals surface area contributed by atoms with E-state index in [1.165, 1.54) is 17.0 Å². The van der Waals surface area contributed by atoms with Gasteiger partial charge in [0, 0.05) is 38.9 Å². The van der Waals surface area contributed by atoms with Crippen molar-refractivity contribution in [1.29, 1.82) is 0 Å². The zero-order chi connectivity index (χ0) is 15.4. The molecule has 0 aliphatic carbocycles. The van der Waals surface area contributed by atoms with Gasteiger partial charge in [-0.25, -0.2) is 9.18 Å². The lowest BCUT2D eigenvalue weighted by Gasteiger charge is -2.35. The molecule has 7 heteroatoms. The van der Waals surface area contributed by atoms with Crippen LogP contribution >= 0.6 is 0 Å². The second-order valence-corrected chi connectivity index (χ2v) is 4.98. The van der Waals surface area contributed by atoms with Crippen LogP contribution in [-0.2, 0) is 4.79 Å². The highest BCUT2D eigenvalue weighted by molar-refractivity contribution is 5.91. The zero-order valence-corrected chi connectivity index (χ0v) is 11.8. The van der Waals surface area contributed by atoms with E-state index < -0.39 is 11.8 Å². The fraction of sp³-hybridized carbons (Fsp3) is 0.429. The summed E-state index contributed by atoms with van der Waals surface area (Å²) in [7, 11) is 1.60. The molecule has 1 saturated heterocycles. The minimum atomic E-state index is -0.869. The van der Waals surface area contributed by atoms with E-state index in [1.807, 2.05) is 0 Å². The van der Waals surface area contributed by atoms with Gasteiger partial charge >= 0.3 is 12.0 Å². The summed E-state index contributed by atoms with van der Waals surface area (Å²) < 4.78 is 13.2. The van der Waals surface area contributed by atoms with E-state index in [0.29, 0.717) is 31.9 Å². The fourth-order valence-electron chi connectivity index (χ4n) is 2.30. The Kier molecular flexibility index (Phi) is 4.74. The van der Waals surface area contributed by atoms with E-state index in [9.17, 15) is 14.0 Å². The number of aliphatic carboxylic acids is 1. The van der Waals surface area contributed by atoms with Gasteiger partial charge in [-0.3, -0.25) is 14.6 Å². The predicted molar refractivity (Wildman–Crippen MR) is 75.8 cm³/mol. The average molecular weight is 295 g/mol. The number of carbonyl (C=O) groups excluding carboxylic acids is 1. The quantitative estimate of drug-likeness (QED) is 0.906. The molecular weight excluding hydrogens is 277 g/mol. The van der Waals surface area contributed by atoms with E-state index in [2.05, 4.69) is 0 Å². The largest absolute Gasteiger partial charge is 0.480 e. The number of hydrogen-bond acceptors (Lipinski definition) is 3. The number of benzene rings is 1. The number of carbonyl (C=O) groups is 2. The third-order valence-electron chi connectivity index (χ3n) is 3.48. The predicted octanol–water partition coefficient (Wildman–Crippen LogP) is 1.08. The molecule has 6 nitrogen and oxygen atoms in total. The Morgan fingerprint density at radius 2 is 1.95 bits per heavy atom. The van der Waals surface area contributed by atoms with Gasteiger partial charge in [0.15, 0.2) is 0 Å². The summed E-state index contributed by atoms with van der Waals surface area (Å²) in [5.41, 5.74) is 0.493. The van der Waals surface area contributed by atoms with Gasteiger partial charge in [-0.1, -0.05) is 6.07 Å². The van der Waals surface area contributed by atoms with Crippen molar-refractivity contribution < 1.29 is 19.1 Å². The Morgan fingerprint density at radius 1 is 1.29 bits per heavy atom. The van der Waals surface area contributed by atoms with Crippen LogP contribution < -0.4 is 4.90 Å². The molecule has 21 heavy (non-hydrogen) atoms. The summed E-state index contributed by atoms with van der Waals surface area (Å²) in [5.74, 6) is -1.26. The van der Waals surface area contributed by atoms with Gasteiger partial charge in [0.05, 0.1) is 6.54 Å². The van der Waals surface area contributed by atoms with Crippen LogP contribution in [0.4, 0.5) is 14.9 Å². The van der Waals surface area contributed by atoms with Crippen LogP contribution in [0.1, 0.15) is 0 Å². The highest BCUT2D eigenvalue weighted by atomic mass is 19.1. The molecule has 0 atom stereocenters. The number of urea groups is 1. The molecule has 1 fully saturated rings. The number of rotatable bonds is 3. The van der Waals surface area contributed by atoms with Crippen molar-refractivity contribution >= 4 is 17.7 Å². The molecule has 2 rings (SSSR count). The van der Waals surface area contributed by atoms with Crippen molar-refractivity contribution in [3.05, 3.63) is 30.1 Å². The van der Waals surface area contributed by atoms with Crippen LogP contribution in [0.2, 0.25) is 0 Å². The molecule has 0 saturated carbocycles. The van der Waals surface area contributed by atoms with Gasteiger partial charge in [-0.2, -0.15) is 0 Å². The van der Waals surface area contributed by atoms with E-state index in [-0.39, 0.29) is 12.6 Å². The van der Waals surface area contributed by atoms with Crippen molar-refractivity contribution in [2.24, 2.45) is 0 Å². The lowest BCUT2D eigenvalue weighted by atomic mass is 10.3. The van der Waals surface area contributed by atoms with Crippen molar-refractivity contribution in [3.63, 3.8) is 0 Å². The number of piperazine rings is 1. The van der Waals surface area contributed by atoms with Crippen LogP contribution in [0, 0.1) is 5.82 Å². The summed E-state index contributed by atoms with van der Waals surface area (Å²) in [4.78, 5) is 27.8. The van der Waals surface area contributed by atoms with E-state index in [4.69, 9.17) is 5.11 Å². The summed E-state index contributed by atoms with van der Waals surface area (Å²) >= 11 is 0. The van der Waals surface area contributed by atoms with Crippen LogP contribution in [-0.4, -0.2) is 66.7 Å². The molecule has 0 bridgehead atoms. The minimum absolute atomic E-state index is 0.0121. The fourth-order valence-corrected chi connectivity index (χ4v) is 2.30. The molecule has 114 valence electrons. The van der Waals surface area contributed by atoms with Gasteiger partial charge in [0.2, 0.25) is 0 Å². The molecule has 0 aromatic heterocycles. The Labute approximate surface area is 122 Å². The molecule has 1 aromatic carbocycles. The first-order valence-corrected chi connectivity index (χ1v) is 6.69. The summed E-state index contributed by atoms with van der Waals surface area (Å²) in [6.07, 6.45) is 0. The first-order chi connectivity index (χ1) is 9.97. The van der Waals surface area contributed by atoms with Gasteiger partial charge in [-0.15, -0.1) is 0 Å². The summed E-state index contributed by atoms with van der Waals surface area (Å²) in [6.45, 7) is 1.96. The van der Waals surface area contributed by atoms with Crippen molar-refractivity contribution in [3.8, 4) is 0 Å². The Bertz CT molecular complexity index is 530. The minimum Gasteiger partial charge on any atom is -0.480 e. The van der Waals surface area contributed by atoms with Crippen molar-refractivity contribution in [2.75, 3.05) is 44.7 Å². The van der Waals surface area contributed by atoms with E-state index >= 15 is 0 Å². The number of amides is 2. The number of carboxylic acids is 1. The lowest BCUT2D eigenvalue weighted by Crippen LogP contribution is -2.53. The van der Waals surface area contributed by atoms with Gasteiger partial charge in [0.1, 0.15) is 5.82 Å². The number of carboxylic acid groups (broad SMARTS) is 1. The van der Waals surface area contributed by atoms with Crippen LogP contribution in [0.25, 0.3) is 0 Å². The second kappa shape index (κ2) is 6.53. The maximum Gasteiger partial charge on any atom is 0.324 e. The topological polar surface area (TPSA) is 64.1 Å². The SMILES string of the molecule is CN(C(=O)N1CCN(CC(=O)O)CC1)c1cccc(F)c1. The summed E-state index contributed by atoms with van der Waals surface area (Å²) in [5, 5.41) is 8.74. The van der Waals surface area contributed by atoms with Gasteiger partial charge < -0.3 is 10.0 Å². The maximum atomic E-state index is 13.2. The zero-order valence-electron chi connectivity index (χ0n) is 11.8. The molecule has 2 amide bonds. The normalized spacial score (nSPS) is 15.8. The molecule has 1 N–H and O–H groups in total. The molecule has 1 aliphatic heterocycles. The number of anilines is 1. The van der Waals surface area contributed by atoms with Crippen LogP contribution in [0.3, 0.4) is 0 Å². The van der Waals surface area contributed by atoms with Crippen LogP contribution in [0.5, 0.6) is 0 Å². The van der Waals surface area contributed by atoms with Gasteiger partial charge in [0.25, 0.3) is 0 Å². The van der Waals surface area contributed by atoms with Gasteiger partial charge in [-0.05, 0) is 18.2 Å². The maximum absolute atomic E-state index is 13.2. The molecule has 1 heterocycles. The first-order valence-electron chi connectivity index (χ1n) is 6.69. The van der Waals surface area contributed by atoms with Crippen molar-refractivity contribution in [2.45, 2.75) is 0 Å². The Balaban J connectivity index is 1.94. The second-order valence-electron chi connectivity index (χ2n) is 4.98. The smallest absolute Gasteiger partial charge is 0.324 e. The third kappa shape index (κ3) is 3.91. The Hall–Kier alpha value is -2.15. The lowest BCUT2D eigenvalue weighted by molar-refractivity contribution is -0.138. The van der Waals surface area contributed by atoms with Crippen LogP contribution in [0.15, 0.2) is 24.3 Å². The molecule has 1 aromatic rings. The Morgan fingerprint density at radius 3 is 2.52 bits per heavy atom. The molecule has 0 spiro atoms. The number of nitrogens with zero attached hydrogens (tertiary/aromatic N) is 3.